The monoisotopic (exact) mass is 282 g/mol. The average Bonchev–Trinajstić information content (AvgIpc) is 2.58. The van der Waals surface area contributed by atoms with E-state index in [9.17, 15) is 4.79 Å². The number of nitrogens with zero attached hydrogens (tertiary/aromatic N) is 3. The van der Waals surface area contributed by atoms with Crippen molar-refractivity contribution in [2.75, 3.05) is 26.7 Å². The molecule has 0 spiro atoms. The molecule has 1 heterocycles. The minimum atomic E-state index is -0.745. The first kappa shape index (κ1) is 15.1. The van der Waals surface area contributed by atoms with Gasteiger partial charge in [0.1, 0.15) is 5.41 Å². The lowest BCUT2D eigenvalue weighted by Gasteiger charge is -2.44. The number of likely N-dealkylation sites (N-methyl/N-ethyl adjacent to an activating group) is 1. The fourth-order valence-corrected chi connectivity index (χ4v) is 3.34. The molecule has 1 atom stereocenters. The standard InChI is InChI=1S/C14H26N4O2/c1-3-11-10-17(2)8-5-9-18(11)13(19)14(6-4-7-14)12(15)16-20/h11,20H,3-10H2,1-2H3,(H2,15,16). The van der Waals surface area contributed by atoms with Gasteiger partial charge in [0, 0.05) is 19.1 Å². The molecule has 1 saturated carbocycles. The van der Waals surface area contributed by atoms with E-state index in [0.717, 1.165) is 38.9 Å². The molecule has 0 aromatic carbocycles. The Hall–Kier alpha value is -1.30. The molecular formula is C14H26N4O2. The van der Waals surface area contributed by atoms with Crippen molar-refractivity contribution >= 4 is 11.7 Å². The molecule has 0 bridgehead atoms. The van der Waals surface area contributed by atoms with Crippen molar-refractivity contribution in [3.8, 4) is 0 Å². The van der Waals surface area contributed by atoms with Gasteiger partial charge in [0.25, 0.3) is 0 Å². The van der Waals surface area contributed by atoms with Gasteiger partial charge in [-0.05, 0) is 39.3 Å². The molecule has 1 amide bonds. The summed E-state index contributed by atoms with van der Waals surface area (Å²) in [4.78, 5) is 17.2. The van der Waals surface area contributed by atoms with Crippen LogP contribution >= 0.6 is 0 Å². The van der Waals surface area contributed by atoms with Gasteiger partial charge in [-0.1, -0.05) is 18.5 Å². The second kappa shape index (κ2) is 5.99. The van der Waals surface area contributed by atoms with Gasteiger partial charge in [-0.3, -0.25) is 4.79 Å². The lowest BCUT2D eigenvalue weighted by atomic mass is 9.66. The molecule has 1 aliphatic carbocycles. The Labute approximate surface area is 120 Å². The largest absolute Gasteiger partial charge is 0.409 e. The first-order valence-corrected chi connectivity index (χ1v) is 7.52. The molecule has 6 nitrogen and oxygen atoms in total. The maximum atomic E-state index is 13.0. The number of oxime groups is 1. The van der Waals surface area contributed by atoms with Gasteiger partial charge in [0.15, 0.2) is 5.84 Å². The molecule has 6 heteroatoms. The van der Waals surface area contributed by atoms with Crippen LogP contribution in [0.2, 0.25) is 0 Å². The Morgan fingerprint density at radius 3 is 2.60 bits per heavy atom. The first-order chi connectivity index (χ1) is 9.55. The minimum absolute atomic E-state index is 0.0567. The number of hydrogen-bond acceptors (Lipinski definition) is 4. The molecule has 114 valence electrons. The van der Waals surface area contributed by atoms with Gasteiger partial charge in [0.05, 0.1) is 0 Å². The summed E-state index contributed by atoms with van der Waals surface area (Å²) in [5.41, 5.74) is 5.07. The summed E-state index contributed by atoms with van der Waals surface area (Å²) >= 11 is 0. The third-order valence-corrected chi connectivity index (χ3v) is 4.85. The normalized spacial score (nSPS) is 27.8. The van der Waals surface area contributed by atoms with Crippen LogP contribution in [-0.4, -0.2) is 59.5 Å². The van der Waals surface area contributed by atoms with Crippen LogP contribution in [0.5, 0.6) is 0 Å². The lowest BCUT2D eigenvalue weighted by molar-refractivity contribution is -0.144. The van der Waals surface area contributed by atoms with E-state index in [4.69, 9.17) is 10.9 Å². The highest BCUT2D eigenvalue weighted by molar-refractivity contribution is 6.07. The maximum Gasteiger partial charge on any atom is 0.236 e. The number of amidine groups is 1. The van der Waals surface area contributed by atoms with Crippen LogP contribution in [0.15, 0.2) is 5.16 Å². The van der Waals surface area contributed by atoms with E-state index in [-0.39, 0.29) is 17.8 Å². The lowest BCUT2D eigenvalue weighted by Crippen LogP contribution is -2.58. The quantitative estimate of drug-likeness (QED) is 0.348. The van der Waals surface area contributed by atoms with E-state index in [1.807, 2.05) is 4.90 Å². The summed E-state index contributed by atoms with van der Waals surface area (Å²) in [6.45, 7) is 4.79. The molecule has 1 unspecified atom stereocenters. The Kier molecular flexibility index (Phi) is 4.52. The van der Waals surface area contributed by atoms with E-state index in [0.29, 0.717) is 12.8 Å². The van der Waals surface area contributed by atoms with Crippen LogP contribution in [0.3, 0.4) is 0 Å². The van der Waals surface area contributed by atoms with Crippen molar-refractivity contribution in [3.05, 3.63) is 0 Å². The molecule has 0 aromatic heterocycles. The van der Waals surface area contributed by atoms with Gasteiger partial charge in [-0.25, -0.2) is 0 Å². The first-order valence-electron chi connectivity index (χ1n) is 7.52. The third kappa shape index (κ3) is 2.49. The van der Waals surface area contributed by atoms with Crippen LogP contribution in [0.1, 0.15) is 39.0 Å². The number of carbonyl (C=O) groups excluding carboxylic acids is 1. The van der Waals surface area contributed by atoms with Crippen LogP contribution in [0.25, 0.3) is 0 Å². The van der Waals surface area contributed by atoms with E-state index in [1.54, 1.807) is 0 Å². The fourth-order valence-electron chi connectivity index (χ4n) is 3.34. The Balaban J connectivity index is 2.21. The summed E-state index contributed by atoms with van der Waals surface area (Å²) in [6, 6.07) is 0.221. The number of nitrogens with two attached hydrogens (primary N) is 1. The summed E-state index contributed by atoms with van der Waals surface area (Å²) in [7, 11) is 2.10. The zero-order valence-electron chi connectivity index (χ0n) is 12.5. The van der Waals surface area contributed by atoms with Crippen molar-refractivity contribution in [2.24, 2.45) is 16.3 Å². The minimum Gasteiger partial charge on any atom is -0.409 e. The van der Waals surface area contributed by atoms with Crippen molar-refractivity contribution in [3.63, 3.8) is 0 Å². The van der Waals surface area contributed by atoms with Crippen LogP contribution in [0.4, 0.5) is 0 Å². The summed E-state index contributed by atoms with van der Waals surface area (Å²) in [6.07, 6.45) is 4.27. The average molecular weight is 282 g/mol. The second-order valence-electron chi connectivity index (χ2n) is 6.10. The maximum absolute atomic E-state index is 13.0. The Morgan fingerprint density at radius 1 is 1.40 bits per heavy atom. The topological polar surface area (TPSA) is 82.2 Å². The summed E-state index contributed by atoms with van der Waals surface area (Å²) < 4.78 is 0. The predicted molar refractivity (Wildman–Crippen MR) is 77.6 cm³/mol. The molecule has 2 aliphatic rings. The Morgan fingerprint density at radius 2 is 2.10 bits per heavy atom. The number of amides is 1. The SMILES string of the molecule is CCC1CN(C)CCCN1C(=O)C1(C(N)=NO)CCC1. The fraction of sp³-hybridized carbons (Fsp3) is 0.857. The molecule has 0 radical (unpaired) electrons. The highest BCUT2D eigenvalue weighted by Gasteiger charge is 2.51. The van der Waals surface area contributed by atoms with Crippen molar-refractivity contribution in [2.45, 2.75) is 45.1 Å². The van der Waals surface area contributed by atoms with Crippen molar-refractivity contribution in [1.29, 1.82) is 0 Å². The zero-order valence-corrected chi connectivity index (χ0v) is 12.5. The van der Waals surface area contributed by atoms with Crippen LogP contribution in [-0.2, 0) is 4.79 Å². The highest BCUT2D eigenvalue weighted by Crippen LogP contribution is 2.43. The van der Waals surface area contributed by atoms with Gasteiger partial charge < -0.3 is 20.7 Å². The van der Waals surface area contributed by atoms with E-state index < -0.39 is 5.41 Å². The van der Waals surface area contributed by atoms with Crippen molar-refractivity contribution in [1.82, 2.24) is 9.80 Å². The smallest absolute Gasteiger partial charge is 0.236 e. The molecule has 1 saturated heterocycles. The zero-order chi connectivity index (χ0) is 14.8. The molecule has 2 fully saturated rings. The summed E-state index contributed by atoms with van der Waals surface area (Å²) in [5.74, 6) is 0.141. The molecule has 2 rings (SSSR count). The van der Waals surface area contributed by atoms with E-state index in [1.165, 1.54) is 0 Å². The molecule has 0 aromatic rings. The number of carbonyl (C=O) groups is 1. The molecule has 1 aliphatic heterocycles. The number of hydrogen-bond donors (Lipinski definition) is 2. The van der Waals surface area contributed by atoms with Crippen LogP contribution in [0, 0.1) is 5.41 Å². The Bertz CT molecular complexity index is 393. The van der Waals surface area contributed by atoms with E-state index >= 15 is 0 Å². The highest BCUT2D eigenvalue weighted by atomic mass is 16.4. The molecule has 20 heavy (non-hydrogen) atoms. The summed E-state index contributed by atoms with van der Waals surface area (Å²) in [5, 5.41) is 12.1. The molecular weight excluding hydrogens is 256 g/mol. The molecule has 3 N–H and O–H groups in total. The van der Waals surface area contributed by atoms with E-state index in [2.05, 4.69) is 24.0 Å². The van der Waals surface area contributed by atoms with Gasteiger partial charge in [-0.15, -0.1) is 0 Å². The second-order valence-corrected chi connectivity index (χ2v) is 6.10. The predicted octanol–water partition coefficient (Wildman–Crippen LogP) is 0.846. The van der Waals surface area contributed by atoms with Crippen LogP contribution < -0.4 is 5.73 Å². The number of rotatable bonds is 3. The van der Waals surface area contributed by atoms with Gasteiger partial charge in [-0.2, -0.15) is 0 Å². The van der Waals surface area contributed by atoms with Gasteiger partial charge >= 0.3 is 0 Å². The third-order valence-electron chi connectivity index (χ3n) is 4.85. The van der Waals surface area contributed by atoms with Crippen molar-refractivity contribution < 1.29 is 10.0 Å². The van der Waals surface area contributed by atoms with Gasteiger partial charge in [0.2, 0.25) is 5.91 Å².